The van der Waals surface area contributed by atoms with Gasteiger partial charge in [0.1, 0.15) is 0 Å². The molecule has 3 rings (SSSR count). The minimum atomic E-state index is -3.53. The molecule has 0 amide bonds. The van der Waals surface area contributed by atoms with Crippen LogP contribution in [0.4, 0.5) is 0 Å². The van der Waals surface area contributed by atoms with Gasteiger partial charge in [0.05, 0.1) is 4.90 Å². The highest BCUT2D eigenvalue weighted by Gasteiger charge is 2.35. The standard InChI is InChI=1S/C22H25NO2S/c1-3-8-22-20(17-19-9-5-4-6-10-19)11-7-16-23(22)26(24,25)21-14-12-18(2)13-15-21/h3-6,9-10,12-15,17,22H,1,7-8,11,16H2,2H3/b20-17-. The summed E-state index contributed by atoms with van der Waals surface area (Å²) in [6.07, 6.45) is 6.30. The third-order valence-electron chi connectivity index (χ3n) is 4.79. The maximum Gasteiger partial charge on any atom is 0.243 e. The second kappa shape index (κ2) is 8.02. The molecule has 0 bridgehead atoms. The van der Waals surface area contributed by atoms with Gasteiger partial charge in [-0.3, -0.25) is 0 Å². The molecule has 1 unspecified atom stereocenters. The van der Waals surface area contributed by atoms with Crippen molar-refractivity contribution in [3.8, 4) is 0 Å². The van der Waals surface area contributed by atoms with Gasteiger partial charge in [-0.25, -0.2) is 8.42 Å². The molecule has 0 N–H and O–H groups in total. The normalized spacial score (nSPS) is 20.2. The third-order valence-corrected chi connectivity index (χ3v) is 6.71. The zero-order valence-electron chi connectivity index (χ0n) is 15.1. The molecule has 1 fully saturated rings. The summed E-state index contributed by atoms with van der Waals surface area (Å²) in [7, 11) is -3.53. The fourth-order valence-corrected chi connectivity index (χ4v) is 5.12. The monoisotopic (exact) mass is 367 g/mol. The summed E-state index contributed by atoms with van der Waals surface area (Å²) >= 11 is 0. The molecular formula is C22H25NO2S. The molecular weight excluding hydrogens is 342 g/mol. The van der Waals surface area contributed by atoms with E-state index in [1.165, 1.54) is 0 Å². The Kier molecular flexibility index (Phi) is 5.74. The van der Waals surface area contributed by atoms with Crippen LogP contribution in [0.3, 0.4) is 0 Å². The number of nitrogens with zero attached hydrogens (tertiary/aromatic N) is 1. The number of hydrogen-bond donors (Lipinski definition) is 0. The average molecular weight is 368 g/mol. The van der Waals surface area contributed by atoms with E-state index in [4.69, 9.17) is 0 Å². The highest BCUT2D eigenvalue weighted by Crippen LogP contribution is 2.32. The molecule has 0 saturated carbocycles. The van der Waals surface area contributed by atoms with Crippen molar-refractivity contribution in [2.45, 2.75) is 37.1 Å². The lowest BCUT2D eigenvalue weighted by Crippen LogP contribution is -2.44. The van der Waals surface area contributed by atoms with Crippen molar-refractivity contribution < 1.29 is 8.42 Å². The van der Waals surface area contributed by atoms with Gasteiger partial charge in [0.15, 0.2) is 0 Å². The molecule has 0 aliphatic carbocycles. The van der Waals surface area contributed by atoms with Gasteiger partial charge < -0.3 is 0 Å². The lowest BCUT2D eigenvalue weighted by Gasteiger charge is -2.36. The van der Waals surface area contributed by atoms with Crippen LogP contribution in [0.15, 0.2) is 77.7 Å². The van der Waals surface area contributed by atoms with Crippen LogP contribution in [0.5, 0.6) is 0 Å². The van der Waals surface area contributed by atoms with Crippen LogP contribution in [0.1, 0.15) is 30.4 Å². The Balaban J connectivity index is 1.98. The number of aryl methyl sites for hydroxylation is 1. The Morgan fingerprint density at radius 1 is 1.12 bits per heavy atom. The predicted octanol–water partition coefficient (Wildman–Crippen LogP) is 4.81. The Bertz CT molecular complexity index is 883. The zero-order chi connectivity index (χ0) is 18.6. The Hall–Kier alpha value is -2.17. The Morgan fingerprint density at radius 3 is 2.46 bits per heavy atom. The fourth-order valence-electron chi connectivity index (χ4n) is 3.44. The van der Waals surface area contributed by atoms with Crippen LogP contribution in [-0.2, 0) is 10.0 Å². The van der Waals surface area contributed by atoms with Crippen molar-refractivity contribution in [2.24, 2.45) is 0 Å². The Labute approximate surface area is 156 Å². The molecule has 2 aromatic rings. The topological polar surface area (TPSA) is 37.4 Å². The zero-order valence-corrected chi connectivity index (χ0v) is 16.0. The highest BCUT2D eigenvalue weighted by molar-refractivity contribution is 7.89. The first-order valence-corrected chi connectivity index (χ1v) is 10.4. The van der Waals surface area contributed by atoms with E-state index in [2.05, 4.69) is 12.7 Å². The molecule has 4 heteroatoms. The van der Waals surface area contributed by atoms with E-state index in [-0.39, 0.29) is 6.04 Å². The average Bonchev–Trinajstić information content (AvgIpc) is 2.64. The van der Waals surface area contributed by atoms with Crippen molar-refractivity contribution >= 4 is 16.1 Å². The van der Waals surface area contributed by atoms with E-state index in [0.717, 1.165) is 29.5 Å². The second-order valence-electron chi connectivity index (χ2n) is 6.70. The minimum absolute atomic E-state index is 0.173. The van der Waals surface area contributed by atoms with Crippen molar-refractivity contribution in [3.05, 3.63) is 84.0 Å². The first-order valence-electron chi connectivity index (χ1n) is 8.97. The number of piperidine rings is 1. The summed E-state index contributed by atoms with van der Waals surface area (Å²) in [5.41, 5.74) is 3.30. The first kappa shape index (κ1) is 18.6. The smallest absolute Gasteiger partial charge is 0.207 e. The van der Waals surface area contributed by atoms with Gasteiger partial charge in [-0.15, -0.1) is 6.58 Å². The van der Waals surface area contributed by atoms with Crippen LogP contribution < -0.4 is 0 Å². The number of rotatable bonds is 5. The maximum absolute atomic E-state index is 13.2. The molecule has 1 aliphatic heterocycles. The molecule has 26 heavy (non-hydrogen) atoms. The summed E-state index contributed by atoms with van der Waals surface area (Å²) < 4.78 is 28.1. The lowest BCUT2D eigenvalue weighted by molar-refractivity contribution is 0.312. The van der Waals surface area contributed by atoms with Crippen molar-refractivity contribution in [3.63, 3.8) is 0 Å². The van der Waals surface area contributed by atoms with Crippen LogP contribution in [0.2, 0.25) is 0 Å². The number of hydrogen-bond acceptors (Lipinski definition) is 2. The van der Waals surface area contributed by atoms with Crippen LogP contribution in [0.25, 0.3) is 6.08 Å². The van der Waals surface area contributed by atoms with Crippen molar-refractivity contribution in [2.75, 3.05) is 6.54 Å². The fraction of sp³-hybridized carbons (Fsp3) is 0.273. The lowest BCUT2D eigenvalue weighted by atomic mass is 9.93. The first-order chi connectivity index (χ1) is 12.5. The molecule has 136 valence electrons. The molecule has 0 spiro atoms. The van der Waals surface area contributed by atoms with Gasteiger partial charge in [0, 0.05) is 12.6 Å². The molecule has 1 aliphatic rings. The molecule has 0 radical (unpaired) electrons. The van der Waals surface area contributed by atoms with E-state index in [0.29, 0.717) is 17.9 Å². The predicted molar refractivity (Wildman–Crippen MR) is 107 cm³/mol. The molecule has 1 heterocycles. The van der Waals surface area contributed by atoms with Gasteiger partial charge >= 0.3 is 0 Å². The van der Waals surface area contributed by atoms with Crippen molar-refractivity contribution in [1.29, 1.82) is 0 Å². The SMILES string of the molecule is C=CCC1/C(=C\c2ccccc2)CCCN1S(=O)(=O)c1ccc(C)cc1. The minimum Gasteiger partial charge on any atom is -0.207 e. The summed E-state index contributed by atoms with van der Waals surface area (Å²) in [6.45, 7) is 6.35. The van der Waals surface area contributed by atoms with Crippen LogP contribution in [-0.4, -0.2) is 25.3 Å². The number of benzene rings is 2. The third kappa shape index (κ3) is 3.97. The van der Waals surface area contributed by atoms with Gasteiger partial charge in [0.25, 0.3) is 0 Å². The quantitative estimate of drug-likeness (QED) is 0.711. The van der Waals surface area contributed by atoms with E-state index < -0.39 is 10.0 Å². The van der Waals surface area contributed by atoms with Gasteiger partial charge in [-0.1, -0.05) is 65.8 Å². The van der Waals surface area contributed by atoms with E-state index in [9.17, 15) is 8.42 Å². The van der Waals surface area contributed by atoms with Gasteiger partial charge in [-0.2, -0.15) is 4.31 Å². The Morgan fingerprint density at radius 2 is 1.81 bits per heavy atom. The van der Waals surface area contributed by atoms with E-state index >= 15 is 0 Å². The van der Waals surface area contributed by atoms with Crippen molar-refractivity contribution in [1.82, 2.24) is 4.31 Å². The summed E-state index contributed by atoms with van der Waals surface area (Å²) in [5, 5.41) is 0. The molecule has 2 aromatic carbocycles. The highest BCUT2D eigenvalue weighted by atomic mass is 32.2. The van der Waals surface area contributed by atoms with Gasteiger partial charge in [0.2, 0.25) is 10.0 Å². The molecule has 1 atom stereocenters. The second-order valence-corrected chi connectivity index (χ2v) is 8.59. The van der Waals surface area contributed by atoms with E-state index in [1.807, 2.05) is 55.5 Å². The maximum atomic E-state index is 13.2. The van der Waals surface area contributed by atoms with Crippen LogP contribution in [0, 0.1) is 6.92 Å². The van der Waals surface area contributed by atoms with Crippen LogP contribution >= 0.6 is 0 Å². The summed E-state index contributed by atoms with van der Waals surface area (Å²) in [4.78, 5) is 0.359. The summed E-state index contributed by atoms with van der Waals surface area (Å²) in [6, 6.07) is 17.0. The largest absolute Gasteiger partial charge is 0.243 e. The molecule has 1 saturated heterocycles. The summed E-state index contributed by atoms with van der Waals surface area (Å²) in [5.74, 6) is 0. The molecule has 0 aromatic heterocycles. The van der Waals surface area contributed by atoms with Gasteiger partial charge in [-0.05, 0) is 43.9 Å². The van der Waals surface area contributed by atoms with E-state index in [1.54, 1.807) is 16.4 Å². The number of sulfonamides is 1. The molecule has 3 nitrogen and oxygen atoms in total.